The van der Waals surface area contributed by atoms with E-state index in [1.807, 2.05) is 48.5 Å². The van der Waals surface area contributed by atoms with Gasteiger partial charge in [0.2, 0.25) is 5.89 Å². The molecule has 0 bridgehead atoms. The first-order valence-corrected chi connectivity index (χ1v) is 9.43. The fourth-order valence-electron chi connectivity index (χ4n) is 3.57. The summed E-state index contributed by atoms with van der Waals surface area (Å²) in [4.78, 5) is 18.9. The molecule has 2 aromatic heterocycles. The summed E-state index contributed by atoms with van der Waals surface area (Å²) in [6.07, 6.45) is 0.530. The molecule has 4 aromatic rings. The number of methoxy groups -OCH3 is 1. The lowest BCUT2D eigenvalue weighted by molar-refractivity contribution is 0.0539. The van der Waals surface area contributed by atoms with E-state index in [1.54, 1.807) is 18.1 Å². The van der Waals surface area contributed by atoms with Crippen molar-refractivity contribution in [2.24, 2.45) is 0 Å². The maximum absolute atomic E-state index is 12.6. The molecule has 7 heteroatoms. The van der Waals surface area contributed by atoms with Crippen LogP contribution >= 0.6 is 0 Å². The fourth-order valence-corrected chi connectivity index (χ4v) is 3.57. The minimum atomic E-state index is -0.119. The summed E-state index contributed by atoms with van der Waals surface area (Å²) in [5, 5.41) is 5.01. The van der Waals surface area contributed by atoms with Gasteiger partial charge in [-0.1, -0.05) is 41.6 Å². The summed E-state index contributed by atoms with van der Waals surface area (Å²) in [5.74, 6) is 2.24. The van der Waals surface area contributed by atoms with Crippen molar-refractivity contribution < 1.29 is 18.5 Å². The Labute approximate surface area is 166 Å². The molecule has 0 N–H and O–H groups in total. The van der Waals surface area contributed by atoms with Gasteiger partial charge in [0.05, 0.1) is 13.0 Å². The van der Waals surface area contributed by atoms with Crippen molar-refractivity contribution in [1.29, 1.82) is 0 Å². The molecule has 1 aliphatic rings. The number of amides is 1. The quantitative estimate of drug-likeness (QED) is 0.518. The highest BCUT2D eigenvalue weighted by Crippen LogP contribution is 2.29. The monoisotopic (exact) mass is 389 g/mol. The van der Waals surface area contributed by atoms with Crippen LogP contribution in [0.2, 0.25) is 0 Å². The zero-order valence-electron chi connectivity index (χ0n) is 15.9. The average Bonchev–Trinajstić information content (AvgIpc) is 3.34. The molecule has 0 radical (unpaired) electrons. The Balaban J connectivity index is 1.24. The van der Waals surface area contributed by atoms with Gasteiger partial charge in [0.1, 0.15) is 11.3 Å². The Kier molecular flexibility index (Phi) is 4.27. The lowest BCUT2D eigenvalue weighted by atomic mass is 9.99. The third-order valence-corrected chi connectivity index (χ3v) is 5.18. The predicted molar refractivity (Wildman–Crippen MR) is 105 cm³/mol. The number of carbonyl (C=O) groups excluding carboxylic acids is 1. The molecule has 1 saturated heterocycles. The summed E-state index contributed by atoms with van der Waals surface area (Å²) < 4.78 is 16.5. The molecule has 0 atom stereocenters. The highest BCUT2D eigenvalue weighted by Gasteiger charge is 2.37. The van der Waals surface area contributed by atoms with E-state index >= 15 is 0 Å². The number of rotatable bonds is 5. The zero-order chi connectivity index (χ0) is 19.8. The number of fused-ring (bicyclic) bond motifs is 1. The molecule has 7 nitrogen and oxygen atoms in total. The first-order chi connectivity index (χ1) is 14.2. The van der Waals surface area contributed by atoms with Crippen LogP contribution in [0.25, 0.3) is 11.0 Å². The van der Waals surface area contributed by atoms with E-state index in [4.69, 9.17) is 13.7 Å². The van der Waals surface area contributed by atoms with E-state index in [0.717, 1.165) is 16.7 Å². The van der Waals surface area contributed by atoms with Gasteiger partial charge in [-0.3, -0.25) is 4.79 Å². The van der Waals surface area contributed by atoms with E-state index in [-0.39, 0.29) is 11.8 Å². The maximum Gasteiger partial charge on any atom is 0.289 e. The van der Waals surface area contributed by atoms with Gasteiger partial charge in [-0.05, 0) is 18.2 Å². The number of carbonyl (C=O) groups is 1. The number of aromatic nitrogens is 2. The molecule has 2 aromatic carbocycles. The van der Waals surface area contributed by atoms with Crippen molar-refractivity contribution in [2.75, 3.05) is 20.2 Å². The van der Waals surface area contributed by atoms with Crippen molar-refractivity contribution in [3.05, 3.63) is 77.6 Å². The third kappa shape index (κ3) is 3.24. The molecular weight excluding hydrogens is 370 g/mol. The molecule has 5 rings (SSSR count). The second-order valence-electron chi connectivity index (χ2n) is 7.09. The van der Waals surface area contributed by atoms with Gasteiger partial charge in [-0.2, -0.15) is 4.98 Å². The summed E-state index contributed by atoms with van der Waals surface area (Å²) in [5.41, 5.74) is 1.71. The Morgan fingerprint density at radius 2 is 1.97 bits per heavy atom. The summed E-state index contributed by atoms with van der Waals surface area (Å²) in [7, 11) is 1.64. The number of hydrogen-bond donors (Lipinski definition) is 0. The number of benzene rings is 2. The van der Waals surface area contributed by atoms with Crippen LogP contribution in [0.4, 0.5) is 0 Å². The normalized spacial score (nSPS) is 14.2. The van der Waals surface area contributed by atoms with E-state index < -0.39 is 0 Å². The minimum Gasteiger partial charge on any atom is -0.496 e. The van der Waals surface area contributed by atoms with Crippen LogP contribution in [0.5, 0.6) is 5.75 Å². The lowest BCUT2D eigenvalue weighted by Gasteiger charge is -2.36. The Morgan fingerprint density at radius 3 is 2.79 bits per heavy atom. The third-order valence-electron chi connectivity index (χ3n) is 5.18. The van der Waals surface area contributed by atoms with Gasteiger partial charge in [-0.15, -0.1) is 0 Å². The summed E-state index contributed by atoms with van der Waals surface area (Å²) in [6.45, 7) is 1.07. The highest BCUT2D eigenvalue weighted by atomic mass is 16.5. The molecule has 3 heterocycles. The number of likely N-dealkylation sites (tertiary alicyclic amines) is 1. The van der Waals surface area contributed by atoms with Crippen LogP contribution < -0.4 is 4.74 Å². The molecule has 0 spiro atoms. The number of para-hydroxylation sites is 2. The Bertz CT molecular complexity index is 1140. The Hall–Kier alpha value is -3.61. The molecule has 1 amide bonds. The molecule has 146 valence electrons. The van der Waals surface area contributed by atoms with Crippen molar-refractivity contribution in [1.82, 2.24) is 15.0 Å². The van der Waals surface area contributed by atoms with Crippen LogP contribution in [0.15, 0.2) is 63.5 Å². The number of nitrogens with zero attached hydrogens (tertiary/aromatic N) is 3. The average molecular weight is 389 g/mol. The van der Waals surface area contributed by atoms with Crippen molar-refractivity contribution >= 4 is 16.9 Å². The van der Waals surface area contributed by atoms with Gasteiger partial charge in [0.25, 0.3) is 5.91 Å². The Morgan fingerprint density at radius 1 is 1.17 bits per heavy atom. The predicted octanol–water partition coefficient (Wildman–Crippen LogP) is 3.65. The maximum atomic E-state index is 12.6. The zero-order valence-corrected chi connectivity index (χ0v) is 15.9. The molecular formula is C22H19N3O4. The van der Waals surface area contributed by atoms with Gasteiger partial charge in [-0.25, -0.2) is 0 Å². The number of ether oxygens (including phenoxy) is 1. The van der Waals surface area contributed by atoms with Crippen molar-refractivity contribution in [3.8, 4) is 5.75 Å². The minimum absolute atomic E-state index is 0.0437. The van der Waals surface area contributed by atoms with Gasteiger partial charge in [0.15, 0.2) is 11.6 Å². The second-order valence-corrected chi connectivity index (χ2v) is 7.09. The number of hydrogen-bond acceptors (Lipinski definition) is 6. The van der Waals surface area contributed by atoms with Gasteiger partial charge >= 0.3 is 0 Å². The van der Waals surface area contributed by atoms with Gasteiger partial charge < -0.3 is 18.6 Å². The highest BCUT2D eigenvalue weighted by molar-refractivity contribution is 5.96. The second kappa shape index (κ2) is 7.09. The molecule has 1 aliphatic heterocycles. The van der Waals surface area contributed by atoms with Crippen LogP contribution in [-0.2, 0) is 6.42 Å². The first-order valence-electron chi connectivity index (χ1n) is 9.43. The molecule has 0 aliphatic carbocycles. The van der Waals surface area contributed by atoms with E-state index in [1.165, 1.54) is 0 Å². The van der Waals surface area contributed by atoms with Crippen molar-refractivity contribution in [2.45, 2.75) is 12.3 Å². The summed E-state index contributed by atoms with van der Waals surface area (Å²) >= 11 is 0. The standard InChI is InChI=1S/C22H19N3O4/c1-27-17-8-4-2-7-15(17)11-20-23-21(29-24-20)16-12-25(13-16)22(26)19-10-14-6-3-5-9-18(14)28-19/h2-10,16H,11-13H2,1H3. The van der Waals surface area contributed by atoms with Crippen molar-refractivity contribution in [3.63, 3.8) is 0 Å². The van der Waals surface area contributed by atoms with E-state index in [9.17, 15) is 4.79 Å². The topological polar surface area (TPSA) is 81.6 Å². The SMILES string of the molecule is COc1ccccc1Cc1noc(C2CN(C(=O)c3cc4ccccc4o3)C2)n1. The molecule has 29 heavy (non-hydrogen) atoms. The van der Waals surface area contributed by atoms with E-state index in [0.29, 0.717) is 42.6 Å². The smallest absolute Gasteiger partial charge is 0.289 e. The fraction of sp³-hybridized carbons (Fsp3) is 0.227. The van der Waals surface area contributed by atoms with Crippen LogP contribution in [0.1, 0.15) is 33.8 Å². The van der Waals surface area contributed by atoms with E-state index in [2.05, 4.69) is 10.1 Å². The molecule has 0 saturated carbocycles. The number of furan rings is 1. The molecule has 1 fully saturated rings. The van der Waals surface area contributed by atoms with Crippen LogP contribution in [0.3, 0.4) is 0 Å². The van der Waals surface area contributed by atoms with Gasteiger partial charge in [0, 0.05) is 30.5 Å². The lowest BCUT2D eigenvalue weighted by Crippen LogP contribution is -2.48. The largest absolute Gasteiger partial charge is 0.496 e. The molecule has 0 unspecified atom stereocenters. The summed E-state index contributed by atoms with van der Waals surface area (Å²) in [6, 6.07) is 17.1. The van der Waals surface area contributed by atoms with Crippen LogP contribution in [-0.4, -0.2) is 41.1 Å². The first kappa shape index (κ1) is 17.5. The van der Waals surface area contributed by atoms with Crippen LogP contribution in [0, 0.1) is 0 Å².